The Morgan fingerprint density at radius 1 is 1.33 bits per heavy atom. The first-order valence-corrected chi connectivity index (χ1v) is 12.2. The molecule has 0 aliphatic carbocycles. The average molecular weight is 474 g/mol. The first-order chi connectivity index (χ1) is 15.8. The van der Waals surface area contributed by atoms with Crippen molar-refractivity contribution in [2.75, 3.05) is 31.6 Å². The molecule has 33 heavy (non-hydrogen) atoms. The second-order valence-electron chi connectivity index (χ2n) is 9.88. The summed E-state index contributed by atoms with van der Waals surface area (Å²) in [7, 11) is 0. The van der Waals surface area contributed by atoms with Gasteiger partial charge in [-0.05, 0) is 75.8 Å². The molecule has 0 radical (unpaired) electrons. The molecule has 4 rings (SSSR count). The molecule has 5 nitrogen and oxygen atoms in total. The lowest BCUT2D eigenvalue weighted by Gasteiger charge is -2.35. The number of nitrogens with one attached hydrogen (secondary N) is 2. The molecule has 0 amide bonds. The number of ether oxygens (including phenoxy) is 1. The molecule has 2 atom stereocenters. The highest BCUT2D eigenvalue weighted by Gasteiger charge is 2.28. The van der Waals surface area contributed by atoms with E-state index in [4.69, 9.17) is 16.3 Å². The van der Waals surface area contributed by atoms with Gasteiger partial charge in [0.2, 0.25) is 0 Å². The zero-order chi connectivity index (χ0) is 23.4. The average Bonchev–Trinajstić information content (AvgIpc) is 2.80. The number of carbonyl (C=O) groups excluding carboxylic acids is 1. The smallest absolute Gasteiger partial charge is 0.146 e. The van der Waals surface area contributed by atoms with Crippen LogP contribution in [0.25, 0.3) is 11.1 Å². The van der Waals surface area contributed by atoms with Crippen molar-refractivity contribution >= 4 is 23.1 Å². The van der Waals surface area contributed by atoms with Crippen molar-refractivity contribution < 1.29 is 13.9 Å². The van der Waals surface area contributed by atoms with Crippen molar-refractivity contribution in [3.05, 3.63) is 47.0 Å². The van der Waals surface area contributed by atoms with Gasteiger partial charge in [0.1, 0.15) is 11.6 Å². The highest BCUT2D eigenvalue weighted by atomic mass is 35.5. The maximum absolute atomic E-state index is 14.6. The minimum Gasteiger partial charge on any atom is -0.382 e. The lowest BCUT2D eigenvalue weighted by atomic mass is 9.88. The number of carbonyl (C=O) groups is 1. The molecule has 2 saturated heterocycles. The highest BCUT2D eigenvalue weighted by Crippen LogP contribution is 2.33. The van der Waals surface area contributed by atoms with Crippen LogP contribution in [0.5, 0.6) is 0 Å². The van der Waals surface area contributed by atoms with Gasteiger partial charge < -0.3 is 15.4 Å². The number of benzene rings is 1. The number of halogens is 2. The van der Waals surface area contributed by atoms with Crippen molar-refractivity contribution in [2.24, 2.45) is 11.8 Å². The van der Waals surface area contributed by atoms with E-state index in [9.17, 15) is 9.18 Å². The monoisotopic (exact) mass is 473 g/mol. The molecule has 2 aliphatic rings. The third-order valence-electron chi connectivity index (χ3n) is 6.68. The van der Waals surface area contributed by atoms with Gasteiger partial charge in [0.05, 0.1) is 16.3 Å². The molecule has 2 fully saturated rings. The van der Waals surface area contributed by atoms with E-state index in [-0.39, 0.29) is 29.5 Å². The van der Waals surface area contributed by atoms with Crippen LogP contribution in [0.4, 0.5) is 10.1 Å². The van der Waals surface area contributed by atoms with Gasteiger partial charge >= 0.3 is 0 Å². The minimum absolute atomic E-state index is 0.0384. The van der Waals surface area contributed by atoms with E-state index in [0.29, 0.717) is 28.9 Å². The number of ketones is 1. The fourth-order valence-corrected chi connectivity index (χ4v) is 5.08. The number of aromatic nitrogens is 1. The number of rotatable bonds is 7. The van der Waals surface area contributed by atoms with E-state index in [1.54, 1.807) is 18.3 Å². The second-order valence-corrected chi connectivity index (χ2v) is 10.3. The van der Waals surface area contributed by atoms with Crippen LogP contribution in [-0.4, -0.2) is 42.6 Å². The number of nitrogens with zero attached hydrogens (tertiary/aromatic N) is 1. The number of anilines is 1. The molecule has 0 saturated carbocycles. The Morgan fingerprint density at radius 3 is 2.94 bits per heavy atom. The topological polar surface area (TPSA) is 63.2 Å². The maximum Gasteiger partial charge on any atom is 0.146 e. The van der Waals surface area contributed by atoms with Crippen molar-refractivity contribution in [1.29, 1.82) is 0 Å². The molecule has 2 aromatic rings. The number of piperidine rings is 1. The Labute approximate surface area is 200 Å². The largest absolute Gasteiger partial charge is 0.382 e. The van der Waals surface area contributed by atoms with Crippen LogP contribution in [0.15, 0.2) is 30.5 Å². The minimum atomic E-state index is -0.296. The third kappa shape index (κ3) is 6.31. The zero-order valence-corrected chi connectivity index (χ0v) is 20.2. The summed E-state index contributed by atoms with van der Waals surface area (Å²) in [5.74, 6) is 0.365. The molecule has 1 aromatic heterocycles. The van der Waals surface area contributed by atoms with E-state index >= 15 is 0 Å². The van der Waals surface area contributed by atoms with Gasteiger partial charge in [0, 0.05) is 49.5 Å². The molecule has 0 spiro atoms. The summed E-state index contributed by atoms with van der Waals surface area (Å²) in [5.41, 5.74) is 2.55. The number of hydrogen-bond acceptors (Lipinski definition) is 5. The van der Waals surface area contributed by atoms with Gasteiger partial charge in [-0.15, -0.1) is 0 Å². The molecule has 2 N–H and O–H groups in total. The second kappa shape index (κ2) is 10.5. The van der Waals surface area contributed by atoms with Crippen molar-refractivity contribution in [2.45, 2.75) is 51.6 Å². The number of hydrogen-bond donors (Lipinski definition) is 2. The fraction of sp³-hybridized carbons (Fsp3) is 0.538. The van der Waals surface area contributed by atoms with Crippen molar-refractivity contribution in [1.82, 2.24) is 10.3 Å². The van der Waals surface area contributed by atoms with Crippen LogP contribution >= 0.6 is 11.6 Å². The standard InChI is InChI=1S/C26H33ClFN3O2/c1-26(2)13-17(7-9-33-26)14-31-24-10-18(5-6-23(24)28)21-11-20(30-16-22(21)27)12-25(32)19-4-3-8-29-15-19/h5-6,10-11,16-17,19,29,31H,3-4,7-9,12-15H2,1-2H3/t17-,19-/m1/s1. The van der Waals surface area contributed by atoms with Gasteiger partial charge in [0.15, 0.2) is 0 Å². The van der Waals surface area contributed by atoms with Gasteiger partial charge in [-0.3, -0.25) is 9.78 Å². The number of pyridine rings is 1. The quantitative estimate of drug-likeness (QED) is 0.573. The molecule has 0 bridgehead atoms. The molecule has 1 aromatic carbocycles. The van der Waals surface area contributed by atoms with Gasteiger partial charge in [0.25, 0.3) is 0 Å². The van der Waals surface area contributed by atoms with Gasteiger partial charge in [-0.1, -0.05) is 17.7 Å². The predicted octanol–water partition coefficient (Wildman–Crippen LogP) is 5.27. The van der Waals surface area contributed by atoms with E-state index in [0.717, 1.165) is 56.5 Å². The molecular formula is C26H33ClFN3O2. The van der Waals surface area contributed by atoms with Crippen LogP contribution in [-0.2, 0) is 16.0 Å². The molecule has 7 heteroatoms. The van der Waals surface area contributed by atoms with Crippen LogP contribution in [0, 0.1) is 17.7 Å². The SMILES string of the molecule is CC1(C)C[C@H](CNc2cc(-c3cc(CC(=O)[C@@H]4CCCNC4)ncc3Cl)ccc2F)CCO1. The molecular weight excluding hydrogens is 441 g/mol. The van der Waals surface area contributed by atoms with Crippen LogP contribution in [0.1, 0.15) is 45.2 Å². The Morgan fingerprint density at radius 2 is 2.18 bits per heavy atom. The first kappa shape index (κ1) is 24.1. The van der Waals surface area contributed by atoms with E-state index in [2.05, 4.69) is 29.5 Å². The van der Waals surface area contributed by atoms with Gasteiger partial charge in [-0.25, -0.2) is 4.39 Å². The summed E-state index contributed by atoms with van der Waals surface area (Å²) in [4.78, 5) is 17.1. The Hall–Kier alpha value is -2.02. The summed E-state index contributed by atoms with van der Waals surface area (Å²) >= 11 is 6.45. The number of Topliss-reactive ketones (excluding diaryl/α,β-unsaturated/α-hetero) is 1. The summed E-state index contributed by atoms with van der Waals surface area (Å²) in [5, 5.41) is 7.06. The fourth-order valence-electron chi connectivity index (χ4n) is 4.86. The molecule has 0 unspecified atom stereocenters. The van der Waals surface area contributed by atoms with Crippen LogP contribution in [0.3, 0.4) is 0 Å². The van der Waals surface area contributed by atoms with Crippen molar-refractivity contribution in [3.8, 4) is 11.1 Å². The molecule has 2 aliphatic heterocycles. The van der Waals surface area contributed by atoms with E-state index in [1.807, 2.05) is 6.07 Å². The molecule has 3 heterocycles. The highest BCUT2D eigenvalue weighted by molar-refractivity contribution is 6.33. The lowest BCUT2D eigenvalue weighted by Crippen LogP contribution is -2.36. The Bertz CT molecular complexity index is 991. The predicted molar refractivity (Wildman–Crippen MR) is 130 cm³/mol. The third-order valence-corrected chi connectivity index (χ3v) is 6.98. The molecule has 178 valence electrons. The van der Waals surface area contributed by atoms with E-state index < -0.39 is 0 Å². The lowest BCUT2D eigenvalue weighted by molar-refractivity contribution is -0.122. The summed E-state index contributed by atoms with van der Waals surface area (Å²) in [6.07, 6.45) is 5.70. The summed E-state index contributed by atoms with van der Waals surface area (Å²) < 4.78 is 20.4. The first-order valence-electron chi connectivity index (χ1n) is 11.9. The Balaban J connectivity index is 1.48. The van der Waals surface area contributed by atoms with Crippen LogP contribution in [0.2, 0.25) is 5.02 Å². The Kier molecular flexibility index (Phi) is 7.67. The van der Waals surface area contributed by atoms with Crippen LogP contribution < -0.4 is 10.6 Å². The summed E-state index contributed by atoms with van der Waals surface area (Å²) in [6.45, 7) is 7.31. The maximum atomic E-state index is 14.6. The van der Waals surface area contributed by atoms with E-state index in [1.165, 1.54) is 6.07 Å². The summed E-state index contributed by atoms with van der Waals surface area (Å²) in [6, 6.07) is 6.82. The zero-order valence-electron chi connectivity index (χ0n) is 19.4. The van der Waals surface area contributed by atoms with Gasteiger partial charge in [-0.2, -0.15) is 0 Å². The normalized spacial score (nSPS) is 22.7. The van der Waals surface area contributed by atoms with Crippen molar-refractivity contribution in [3.63, 3.8) is 0 Å².